The first-order chi connectivity index (χ1) is 7.00. The highest BCUT2D eigenvalue weighted by atomic mass is 32.2. The maximum atomic E-state index is 11.9. The highest BCUT2D eigenvalue weighted by Gasteiger charge is 2.31. The maximum absolute atomic E-state index is 11.9. The Labute approximate surface area is 92.3 Å². The van der Waals surface area contributed by atoms with Gasteiger partial charge in [-0.25, -0.2) is 12.7 Å². The third-order valence-corrected chi connectivity index (χ3v) is 5.52. The summed E-state index contributed by atoms with van der Waals surface area (Å²) in [5.74, 6) is 0. The summed E-state index contributed by atoms with van der Waals surface area (Å²) in [5, 5.41) is 8.22. The Morgan fingerprint density at radius 2 is 1.87 bits per heavy atom. The molecule has 90 valence electrons. The predicted molar refractivity (Wildman–Crippen MR) is 60.1 cm³/mol. The van der Waals surface area contributed by atoms with Crippen molar-refractivity contribution in [3.8, 4) is 0 Å². The lowest BCUT2D eigenvalue weighted by molar-refractivity contribution is 0.265. The Kier molecular flexibility index (Phi) is 4.55. The van der Waals surface area contributed by atoms with Gasteiger partial charge in [0.15, 0.2) is 0 Å². The first-order valence-electron chi connectivity index (χ1n) is 5.58. The van der Waals surface area contributed by atoms with Gasteiger partial charge in [-0.05, 0) is 19.8 Å². The SMILES string of the molecule is CC(CO)S(=O)(=O)N(C)C1CCCCC1. The highest BCUT2D eigenvalue weighted by molar-refractivity contribution is 7.89. The lowest BCUT2D eigenvalue weighted by Crippen LogP contribution is -2.43. The van der Waals surface area contributed by atoms with Crippen molar-refractivity contribution in [3.05, 3.63) is 0 Å². The molecule has 0 aromatic carbocycles. The third-order valence-electron chi connectivity index (χ3n) is 3.26. The Bertz CT molecular complexity index is 283. The predicted octanol–water partition coefficient (Wildman–Crippen LogP) is 0.961. The summed E-state index contributed by atoms with van der Waals surface area (Å²) >= 11 is 0. The molecule has 1 aliphatic rings. The lowest BCUT2D eigenvalue weighted by Gasteiger charge is -2.31. The van der Waals surface area contributed by atoms with Gasteiger partial charge in [0.05, 0.1) is 11.9 Å². The number of aliphatic hydroxyl groups is 1. The van der Waals surface area contributed by atoms with E-state index in [1.807, 2.05) is 0 Å². The second kappa shape index (κ2) is 5.27. The summed E-state index contributed by atoms with van der Waals surface area (Å²) in [6.45, 7) is 1.24. The van der Waals surface area contributed by atoms with Crippen LogP contribution in [0.3, 0.4) is 0 Å². The molecule has 1 atom stereocenters. The average Bonchev–Trinajstić information content (AvgIpc) is 2.28. The molecular weight excluding hydrogens is 214 g/mol. The van der Waals surface area contributed by atoms with E-state index in [4.69, 9.17) is 5.11 Å². The Morgan fingerprint density at radius 3 is 2.33 bits per heavy atom. The molecule has 1 saturated carbocycles. The van der Waals surface area contributed by atoms with Crippen LogP contribution >= 0.6 is 0 Å². The van der Waals surface area contributed by atoms with Crippen molar-refractivity contribution >= 4 is 10.0 Å². The van der Waals surface area contributed by atoms with E-state index in [0.717, 1.165) is 25.7 Å². The van der Waals surface area contributed by atoms with E-state index in [9.17, 15) is 8.42 Å². The molecular formula is C10H21NO3S. The van der Waals surface area contributed by atoms with Crippen LogP contribution in [0, 0.1) is 0 Å². The zero-order chi connectivity index (χ0) is 11.5. The number of hydrogen-bond acceptors (Lipinski definition) is 3. The molecule has 0 heterocycles. The Morgan fingerprint density at radius 1 is 1.33 bits per heavy atom. The van der Waals surface area contributed by atoms with E-state index in [-0.39, 0.29) is 12.6 Å². The minimum atomic E-state index is -3.31. The number of aliphatic hydroxyl groups excluding tert-OH is 1. The van der Waals surface area contributed by atoms with Crippen molar-refractivity contribution in [2.75, 3.05) is 13.7 Å². The molecule has 0 aromatic heterocycles. The van der Waals surface area contributed by atoms with Crippen molar-refractivity contribution in [3.63, 3.8) is 0 Å². The molecule has 4 nitrogen and oxygen atoms in total. The molecule has 0 aliphatic heterocycles. The van der Waals surface area contributed by atoms with E-state index < -0.39 is 15.3 Å². The van der Waals surface area contributed by atoms with E-state index in [0.29, 0.717) is 0 Å². The number of sulfonamides is 1. The summed E-state index contributed by atoms with van der Waals surface area (Å²) in [5.41, 5.74) is 0. The Hall–Kier alpha value is -0.130. The normalized spacial score (nSPS) is 21.9. The van der Waals surface area contributed by atoms with Crippen LogP contribution in [0.2, 0.25) is 0 Å². The van der Waals surface area contributed by atoms with Crippen LogP contribution in [0.15, 0.2) is 0 Å². The average molecular weight is 235 g/mol. The fourth-order valence-corrected chi connectivity index (χ4v) is 3.41. The molecule has 0 radical (unpaired) electrons. The fourth-order valence-electron chi connectivity index (χ4n) is 2.03. The maximum Gasteiger partial charge on any atom is 0.218 e. The molecule has 1 fully saturated rings. The molecule has 1 unspecified atom stereocenters. The molecule has 0 bridgehead atoms. The largest absolute Gasteiger partial charge is 0.395 e. The van der Waals surface area contributed by atoms with Gasteiger partial charge in [0.25, 0.3) is 0 Å². The van der Waals surface area contributed by atoms with Gasteiger partial charge >= 0.3 is 0 Å². The first-order valence-corrected chi connectivity index (χ1v) is 7.08. The summed E-state index contributed by atoms with van der Waals surface area (Å²) in [4.78, 5) is 0. The zero-order valence-electron chi connectivity index (χ0n) is 9.52. The molecule has 0 aromatic rings. The molecule has 0 spiro atoms. The van der Waals surface area contributed by atoms with Crippen LogP contribution in [0.4, 0.5) is 0 Å². The van der Waals surface area contributed by atoms with Gasteiger partial charge in [-0.2, -0.15) is 0 Å². The molecule has 1 aliphatic carbocycles. The zero-order valence-corrected chi connectivity index (χ0v) is 10.3. The van der Waals surface area contributed by atoms with E-state index in [2.05, 4.69) is 0 Å². The van der Waals surface area contributed by atoms with Crippen molar-refractivity contribution in [2.24, 2.45) is 0 Å². The Balaban J connectivity index is 2.69. The standard InChI is InChI=1S/C10H21NO3S/c1-9(8-12)15(13,14)11(2)10-6-4-3-5-7-10/h9-10,12H,3-8H2,1-2H3. The van der Waals surface area contributed by atoms with Crippen molar-refractivity contribution in [2.45, 2.75) is 50.3 Å². The highest BCUT2D eigenvalue weighted by Crippen LogP contribution is 2.24. The monoisotopic (exact) mass is 235 g/mol. The molecule has 15 heavy (non-hydrogen) atoms. The van der Waals surface area contributed by atoms with E-state index in [1.54, 1.807) is 14.0 Å². The van der Waals surface area contributed by atoms with Gasteiger partial charge in [0.2, 0.25) is 10.0 Å². The quantitative estimate of drug-likeness (QED) is 0.789. The molecule has 5 heteroatoms. The van der Waals surface area contributed by atoms with E-state index >= 15 is 0 Å². The number of nitrogens with zero attached hydrogens (tertiary/aromatic N) is 1. The molecule has 0 saturated heterocycles. The number of hydrogen-bond donors (Lipinski definition) is 1. The third kappa shape index (κ3) is 2.92. The fraction of sp³-hybridized carbons (Fsp3) is 1.00. The van der Waals surface area contributed by atoms with Gasteiger partial charge in [-0.3, -0.25) is 0 Å². The van der Waals surface area contributed by atoms with Gasteiger partial charge in [0.1, 0.15) is 0 Å². The van der Waals surface area contributed by atoms with Gasteiger partial charge < -0.3 is 5.11 Å². The summed E-state index contributed by atoms with van der Waals surface area (Å²) in [7, 11) is -1.67. The topological polar surface area (TPSA) is 57.6 Å². The van der Waals surface area contributed by atoms with Gasteiger partial charge in [-0.1, -0.05) is 19.3 Å². The molecule has 1 rings (SSSR count). The van der Waals surface area contributed by atoms with Crippen molar-refractivity contribution in [1.82, 2.24) is 4.31 Å². The summed E-state index contributed by atoms with van der Waals surface area (Å²) in [6, 6.07) is 0.137. The van der Waals surface area contributed by atoms with Crippen molar-refractivity contribution in [1.29, 1.82) is 0 Å². The summed E-state index contributed by atoms with van der Waals surface area (Å²) in [6.07, 6.45) is 5.33. The summed E-state index contributed by atoms with van der Waals surface area (Å²) < 4.78 is 25.3. The van der Waals surface area contributed by atoms with E-state index in [1.165, 1.54) is 10.7 Å². The van der Waals surface area contributed by atoms with Crippen LogP contribution in [0.5, 0.6) is 0 Å². The second-order valence-electron chi connectivity index (χ2n) is 4.35. The lowest BCUT2D eigenvalue weighted by atomic mass is 9.96. The van der Waals surface area contributed by atoms with Crippen LogP contribution in [-0.4, -0.2) is 42.8 Å². The minimum Gasteiger partial charge on any atom is -0.395 e. The van der Waals surface area contributed by atoms with Crippen molar-refractivity contribution < 1.29 is 13.5 Å². The smallest absolute Gasteiger partial charge is 0.218 e. The number of rotatable bonds is 4. The van der Waals surface area contributed by atoms with Crippen LogP contribution in [0.1, 0.15) is 39.0 Å². The van der Waals surface area contributed by atoms with Crippen LogP contribution in [0.25, 0.3) is 0 Å². The minimum absolute atomic E-state index is 0.137. The second-order valence-corrected chi connectivity index (χ2v) is 6.76. The molecule has 0 amide bonds. The molecule has 1 N–H and O–H groups in total. The van der Waals surface area contributed by atoms with Gasteiger partial charge in [0, 0.05) is 13.1 Å². The van der Waals surface area contributed by atoms with Gasteiger partial charge in [-0.15, -0.1) is 0 Å². The van der Waals surface area contributed by atoms with Crippen LogP contribution < -0.4 is 0 Å². The van der Waals surface area contributed by atoms with Crippen LogP contribution in [-0.2, 0) is 10.0 Å². The first kappa shape index (κ1) is 12.9.